The van der Waals surface area contributed by atoms with Crippen LogP contribution in [-0.2, 0) is 77.8 Å². The van der Waals surface area contributed by atoms with Crippen molar-refractivity contribution in [1.82, 2.24) is 0 Å². The summed E-state index contributed by atoms with van der Waals surface area (Å²) in [4.78, 5) is 11.2. The Morgan fingerprint density at radius 2 is 1.04 bits per heavy atom. The topological polar surface area (TPSA) is 207 Å². The minimum atomic E-state index is -4.59. The van der Waals surface area contributed by atoms with Crippen LogP contribution >= 0.6 is 0 Å². The number of aromatic carboxylic acids is 1. The van der Waals surface area contributed by atoms with Crippen molar-refractivity contribution < 1.29 is 77.7 Å². The molecule has 2 aliphatic rings. The van der Waals surface area contributed by atoms with Crippen molar-refractivity contribution in [3.63, 3.8) is 0 Å². The molecule has 10 atom stereocenters. The molecule has 0 aromatic heterocycles. The Bertz CT molecular complexity index is 2470. The third-order valence-corrected chi connectivity index (χ3v) is 17.0. The second-order valence-electron chi connectivity index (χ2n) is 19.6. The van der Waals surface area contributed by atoms with E-state index in [0.29, 0.717) is 5.56 Å². The number of methoxy groups -OCH3 is 4. The van der Waals surface area contributed by atoms with Crippen LogP contribution < -0.4 is 0 Å². The van der Waals surface area contributed by atoms with Crippen LogP contribution in [0.4, 0.5) is 0 Å². The molecule has 0 amide bonds. The van der Waals surface area contributed by atoms with E-state index in [2.05, 4.69) is 6.92 Å². The summed E-state index contributed by atoms with van der Waals surface area (Å²) in [6.07, 6.45) is 5.13. The highest BCUT2D eigenvalue weighted by Crippen LogP contribution is 2.43. The second-order valence-corrected chi connectivity index (χ2v) is 22.8. The molecule has 19 heteroatoms. The number of ether oxygens (including phenoxy) is 9. The predicted octanol–water partition coefficient (Wildman–Crippen LogP) is 9.95. The molecule has 3 aromatic carbocycles. The third-order valence-electron chi connectivity index (χ3n) is 14.3. The van der Waals surface area contributed by atoms with Crippen LogP contribution in [0.15, 0.2) is 94.7 Å². The number of hydrogen-bond donors (Lipinski definition) is 1. The number of aryl methyl sites for hydroxylation is 2. The summed E-state index contributed by atoms with van der Waals surface area (Å²) < 4.78 is 126. The number of unbranched alkanes of at least 4 members (excludes halogenated alkanes) is 6. The maximum atomic E-state index is 14.4. The first-order valence-electron chi connectivity index (χ1n) is 25.5. The van der Waals surface area contributed by atoms with Gasteiger partial charge in [0.05, 0.1) is 40.8 Å². The van der Waals surface area contributed by atoms with E-state index < -0.39 is 86.0 Å². The molecule has 0 radical (unpaired) electrons. The zero-order valence-electron chi connectivity index (χ0n) is 45.0. The van der Waals surface area contributed by atoms with E-state index in [1.165, 1.54) is 77.7 Å². The lowest BCUT2D eigenvalue weighted by Gasteiger charge is -2.52. The van der Waals surface area contributed by atoms with Crippen LogP contribution in [0.2, 0.25) is 0 Å². The lowest BCUT2D eigenvalue weighted by atomic mass is 9.94. The fourth-order valence-electron chi connectivity index (χ4n) is 8.96. The zero-order chi connectivity index (χ0) is 54.4. The van der Waals surface area contributed by atoms with Gasteiger partial charge in [-0.05, 0) is 122 Å². The molecule has 3 aromatic rings. The largest absolute Gasteiger partial charge is 0.478 e. The molecule has 1 N–H and O–H groups in total. The fraction of sp³-hybridized carbons (Fsp3) is 0.618. The number of rotatable bonds is 30. The van der Waals surface area contributed by atoms with E-state index in [9.17, 15) is 26.7 Å². The Morgan fingerprint density at radius 1 is 0.608 bits per heavy atom. The van der Waals surface area contributed by atoms with Gasteiger partial charge in [-0.1, -0.05) is 98.7 Å². The van der Waals surface area contributed by atoms with Crippen LogP contribution in [0.3, 0.4) is 0 Å². The van der Waals surface area contributed by atoms with E-state index in [1.54, 1.807) is 64.1 Å². The number of carboxylic acid groups (broad SMARTS) is 1. The molecule has 2 heterocycles. The molecule has 1 unspecified atom stereocenters. The van der Waals surface area contributed by atoms with E-state index in [4.69, 9.17) is 51.0 Å². The zero-order valence-corrected chi connectivity index (χ0v) is 46.7. The smallest absolute Gasteiger partial charge is 0.335 e. The summed E-state index contributed by atoms with van der Waals surface area (Å²) in [5.74, 6) is -6.84. The molecule has 17 nitrogen and oxygen atoms in total. The van der Waals surface area contributed by atoms with Gasteiger partial charge in [-0.25, -0.2) is 4.79 Å². The maximum absolute atomic E-state index is 14.4. The van der Waals surface area contributed by atoms with Gasteiger partial charge in [0.1, 0.15) is 24.4 Å². The van der Waals surface area contributed by atoms with E-state index in [1.807, 2.05) is 26.0 Å². The molecule has 414 valence electrons. The Kier molecular flexibility index (Phi) is 22.4. The number of carboxylic acids is 1. The lowest BCUT2D eigenvalue weighted by Crippen LogP contribution is -2.66. The van der Waals surface area contributed by atoms with Gasteiger partial charge in [0.15, 0.2) is 0 Å². The average Bonchev–Trinajstić information content (AvgIpc) is 3.37. The fourth-order valence-corrected chi connectivity index (χ4v) is 11.2. The first-order chi connectivity index (χ1) is 35.0. The van der Waals surface area contributed by atoms with Crippen LogP contribution in [0.5, 0.6) is 0 Å². The Balaban J connectivity index is 1.54. The minimum absolute atomic E-state index is 0.000606. The average molecular weight is 1080 g/mol. The number of hydrogen-bond acceptors (Lipinski definition) is 16. The van der Waals surface area contributed by atoms with Gasteiger partial charge in [-0.2, -0.15) is 16.8 Å². The van der Waals surface area contributed by atoms with Crippen LogP contribution in [0.25, 0.3) is 0 Å². The summed E-state index contributed by atoms with van der Waals surface area (Å²) >= 11 is 0. The SMILES string of the molecule is CCCCCCCC/C=C\C1O[C@](C)(OC)[C@@](C)(OC)O[C@@H]1CC[C@H](OS(=O)(=O)c1ccc(C)cc1)[C@H](CC[C@H]1O[C@](C)(OC)[C@@](C)(OC)O[C@@H]1COCc1ccc(C(=O)O)cc1)OS(=O)(=O)c1ccc(C)cc1. The number of carbonyl (C=O) groups is 1. The van der Waals surface area contributed by atoms with Gasteiger partial charge in [0.25, 0.3) is 20.2 Å². The molecule has 0 aliphatic carbocycles. The Labute approximate surface area is 439 Å². The Hall–Kier alpha value is -3.67. The van der Waals surface area contributed by atoms with Gasteiger partial charge >= 0.3 is 5.97 Å². The van der Waals surface area contributed by atoms with Crippen molar-refractivity contribution in [2.24, 2.45) is 0 Å². The van der Waals surface area contributed by atoms with Gasteiger partial charge in [0, 0.05) is 28.4 Å². The first-order valence-corrected chi connectivity index (χ1v) is 28.3. The van der Waals surface area contributed by atoms with Gasteiger partial charge in [-0.3, -0.25) is 8.37 Å². The van der Waals surface area contributed by atoms with Gasteiger partial charge in [0.2, 0.25) is 23.1 Å². The van der Waals surface area contributed by atoms with Crippen molar-refractivity contribution in [2.45, 2.75) is 195 Å². The monoisotopic (exact) mass is 1080 g/mol. The summed E-state index contributed by atoms with van der Waals surface area (Å²) in [5, 5.41) is 9.39. The quantitative estimate of drug-likeness (QED) is 0.0374. The van der Waals surface area contributed by atoms with Crippen LogP contribution in [0.1, 0.15) is 132 Å². The molecule has 74 heavy (non-hydrogen) atoms. The number of benzene rings is 3. The van der Waals surface area contributed by atoms with Gasteiger partial charge < -0.3 is 47.7 Å². The molecule has 0 saturated carbocycles. The molecular formula is C55H80O17S2. The highest BCUT2D eigenvalue weighted by Gasteiger charge is 2.58. The summed E-state index contributed by atoms with van der Waals surface area (Å²) in [5.41, 5.74) is 2.45. The molecule has 2 saturated heterocycles. The lowest BCUT2D eigenvalue weighted by molar-refractivity contribution is -0.451. The van der Waals surface area contributed by atoms with E-state index >= 15 is 0 Å². The van der Waals surface area contributed by atoms with Crippen molar-refractivity contribution in [3.05, 3.63) is 107 Å². The predicted molar refractivity (Wildman–Crippen MR) is 276 cm³/mol. The van der Waals surface area contributed by atoms with Crippen molar-refractivity contribution in [2.75, 3.05) is 35.0 Å². The van der Waals surface area contributed by atoms with Crippen molar-refractivity contribution in [1.29, 1.82) is 0 Å². The van der Waals surface area contributed by atoms with Crippen LogP contribution in [0, 0.1) is 13.8 Å². The standard InChI is InChI=1S/C55H80O17S2/c1-12-13-14-15-16-17-18-19-20-45-46(68-53(5,63-9)52(4,62-8)67-45)33-35-48(71-73(58,59)43-29-21-39(2)22-30-43)49(72-74(60,61)44-31-23-40(3)24-32-44)36-34-47-50(70-55(7,65-11)54(6,64-10)69-47)38-66-37-41-25-27-42(28-26-41)51(56)57/h19-32,45-50H,12-18,33-38H2,1-11H3,(H,56,57)/b20-19-/t45?,46-,47-,48+,49+,50-,52+,53+,54+,55+/m1/s1. The van der Waals surface area contributed by atoms with Gasteiger partial charge in [-0.15, -0.1) is 0 Å². The minimum Gasteiger partial charge on any atom is -0.478 e. The second kappa shape index (κ2) is 27.1. The highest BCUT2D eigenvalue weighted by atomic mass is 32.2. The summed E-state index contributed by atoms with van der Waals surface area (Å²) in [6, 6.07) is 18.5. The Morgan fingerprint density at radius 3 is 1.51 bits per heavy atom. The van der Waals surface area contributed by atoms with Crippen LogP contribution in [-0.4, -0.2) is 123 Å². The molecule has 2 aliphatic heterocycles. The first kappa shape index (κ1) is 61.2. The molecule has 0 spiro atoms. The normalized spacial score (nSPS) is 27.6. The maximum Gasteiger partial charge on any atom is 0.335 e. The van der Waals surface area contributed by atoms with E-state index in [0.717, 1.165) is 43.2 Å². The summed E-state index contributed by atoms with van der Waals surface area (Å²) in [6.45, 7) is 12.6. The molecule has 2 fully saturated rings. The third kappa shape index (κ3) is 15.7. The molecular weight excluding hydrogens is 997 g/mol. The summed E-state index contributed by atoms with van der Waals surface area (Å²) in [7, 11) is -3.32. The highest BCUT2D eigenvalue weighted by molar-refractivity contribution is 7.87. The molecule has 0 bridgehead atoms. The van der Waals surface area contributed by atoms with Crippen molar-refractivity contribution in [3.8, 4) is 0 Å². The van der Waals surface area contributed by atoms with Crippen molar-refractivity contribution >= 4 is 26.2 Å². The molecule has 5 rings (SSSR count). The number of allylic oxidation sites excluding steroid dienone is 1. The van der Waals surface area contributed by atoms with E-state index in [-0.39, 0.29) is 54.3 Å².